The van der Waals surface area contributed by atoms with Gasteiger partial charge in [-0.3, -0.25) is 4.79 Å². The Labute approximate surface area is 153 Å². The van der Waals surface area contributed by atoms with Crippen LogP contribution in [0.4, 0.5) is 0 Å². The minimum absolute atomic E-state index is 0.0105. The number of rotatable bonds is 6. The van der Waals surface area contributed by atoms with Crippen molar-refractivity contribution in [3.05, 3.63) is 69.9 Å². The first-order valence-corrected chi connectivity index (χ1v) is 9.84. The van der Waals surface area contributed by atoms with E-state index >= 15 is 0 Å². The summed E-state index contributed by atoms with van der Waals surface area (Å²) >= 11 is 1.52. The minimum atomic E-state index is -0.641. The van der Waals surface area contributed by atoms with Crippen LogP contribution in [0.1, 0.15) is 48.6 Å². The van der Waals surface area contributed by atoms with E-state index in [0.29, 0.717) is 13.1 Å². The summed E-state index contributed by atoms with van der Waals surface area (Å²) in [5.41, 5.74) is 2.33. The monoisotopic (exact) mass is 355 g/mol. The van der Waals surface area contributed by atoms with Crippen LogP contribution in [0.15, 0.2) is 59.5 Å². The topological polar surface area (TPSA) is 40.5 Å². The fourth-order valence-electron chi connectivity index (χ4n) is 3.23. The molecule has 3 nitrogen and oxygen atoms in total. The zero-order valence-corrected chi connectivity index (χ0v) is 15.3. The molecule has 0 aliphatic heterocycles. The summed E-state index contributed by atoms with van der Waals surface area (Å²) in [5.74, 6) is 0.0105. The molecule has 1 amide bonds. The summed E-state index contributed by atoms with van der Waals surface area (Å²) in [4.78, 5) is 15.5. The minimum Gasteiger partial charge on any atom is -0.386 e. The normalized spacial score (nSPS) is 15.6. The summed E-state index contributed by atoms with van der Waals surface area (Å²) in [5, 5.41) is 12.5. The number of allylic oxidation sites excluding steroid dienone is 1. The van der Waals surface area contributed by atoms with Crippen molar-refractivity contribution in [2.45, 2.75) is 44.8 Å². The van der Waals surface area contributed by atoms with Crippen molar-refractivity contribution in [1.82, 2.24) is 4.90 Å². The highest BCUT2D eigenvalue weighted by atomic mass is 32.1. The molecule has 1 heterocycles. The first-order valence-electron chi connectivity index (χ1n) is 8.96. The van der Waals surface area contributed by atoms with Gasteiger partial charge in [0.1, 0.15) is 6.10 Å². The highest BCUT2D eigenvalue weighted by Crippen LogP contribution is 2.24. The van der Waals surface area contributed by atoms with E-state index in [-0.39, 0.29) is 5.91 Å². The van der Waals surface area contributed by atoms with Gasteiger partial charge >= 0.3 is 0 Å². The highest BCUT2D eigenvalue weighted by Gasteiger charge is 2.19. The molecule has 1 fully saturated rings. The van der Waals surface area contributed by atoms with Crippen LogP contribution in [0.3, 0.4) is 0 Å². The summed E-state index contributed by atoms with van der Waals surface area (Å²) in [6.45, 7) is 0.837. The predicted molar refractivity (Wildman–Crippen MR) is 102 cm³/mol. The molecule has 0 unspecified atom stereocenters. The number of carbonyl (C=O) groups excluding carboxylic acids is 1. The van der Waals surface area contributed by atoms with Crippen LogP contribution in [0.2, 0.25) is 0 Å². The lowest BCUT2D eigenvalue weighted by molar-refractivity contribution is -0.128. The Hall–Kier alpha value is -1.91. The van der Waals surface area contributed by atoms with E-state index in [1.54, 1.807) is 4.90 Å². The molecule has 1 aromatic heterocycles. The molecule has 3 rings (SSSR count). The second-order valence-corrected chi connectivity index (χ2v) is 7.58. The number of aliphatic hydroxyl groups is 1. The molecule has 1 N–H and O–H groups in total. The number of carbonyl (C=O) groups is 1. The maximum Gasteiger partial charge on any atom is 0.246 e. The molecule has 2 aromatic rings. The third kappa shape index (κ3) is 5.28. The van der Waals surface area contributed by atoms with E-state index in [1.807, 2.05) is 53.9 Å². The van der Waals surface area contributed by atoms with Crippen LogP contribution >= 0.6 is 11.3 Å². The molecule has 1 aliphatic carbocycles. The van der Waals surface area contributed by atoms with Crippen molar-refractivity contribution < 1.29 is 9.90 Å². The van der Waals surface area contributed by atoms with Crippen LogP contribution in [-0.4, -0.2) is 22.5 Å². The molecule has 0 radical (unpaired) electrons. The van der Waals surface area contributed by atoms with Crippen molar-refractivity contribution in [2.24, 2.45) is 0 Å². The second-order valence-electron chi connectivity index (χ2n) is 6.60. The second kappa shape index (κ2) is 8.97. The summed E-state index contributed by atoms with van der Waals surface area (Å²) in [6.07, 6.45) is 6.83. The molecule has 0 bridgehead atoms. The number of thiophene rings is 1. The summed E-state index contributed by atoms with van der Waals surface area (Å²) in [7, 11) is 0. The van der Waals surface area contributed by atoms with Crippen molar-refractivity contribution in [3.63, 3.8) is 0 Å². The van der Waals surface area contributed by atoms with Gasteiger partial charge in [-0.2, -0.15) is 0 Å². The third-order valence-corrected chi connectivity index (χ3v) is 5.59. The lowest BCUT2D eigenvalue weighted by atomic mass is 9.94. The molecule has 0 saturated heterocycles. The molecule has 1 saturated carbocycles. The Morgan fingerprint density at radius 1 is 1.12 bits per heavy atom. The van der Waals surface area contributed by atoms with Crippen LogP contribution in [0, 0.1) is 0 Å². The van der Waals surface area contributed by atoms with Gasteiger partial charge in [0.15, 0.2) is 0 Å². The fraction of sp³-hybridized carbons (Fsp3) is 0.381. The molecule has 1 aromatic carbocycles. The van der Waals surface area contributed by atoms with E-state index in [1.165, 1.54) is 36.2 Å². The summed E-state index contributed by atoms with van der Waals surface area (Å²) in [6, 6.07) is 13.8. The van der Waals surface area contributed by atoms with E-state index in [4.69, 9.17) is 0 Å². The molecule has 25 heavy (non-hydrogen) atoms. The first-order chi connectivity index (χ1) is 12.2. The third-order valence-electron chi connectivity index (χ3n) is 4.62. The molecule has 1 atom stereocenters. The van der Waals surface area contributed by atoms with Gasteiger partial charge in [0.05, 0.1) is 6.54 Å². The number of benzene rings is 1. The van der Waals surface area contributed by atoms with Gasteiger partial charge in [-0.05, 0) is 42.7 Å². The maximum atomic E-state index is 12.9. The van der Waals surface area contributed by atoms with Crippen LogP contribution in [0.5, 0.6) is 0 Å². The zero-order chi connectivity index (χ0) is 17.5. The van der Waals surface area contributed by atoms with Gasteiger partial charge in [0.2, 0.25) is 5.91 Å². The molecular weight excluding hydrogens is 330 g/mol. The molecular formula is C21H25NO2S. The smallest absolute Gasteiger partial charge is 0.246 e. The lowest BCUT2D eigenvalue weighted by Crippen LogP contribution is -2.33. The average Bonchev–Trinajstić information content (AvgIpc) is 3.18. The van der Waals surface area contributed by atoms with Crippen molar-refractivity contribution in [1.29, 1.82) is 0 Å². The Kier molecular flexibility index (Phi) is 6.42. The van der Waals surface area contributed by atoms with Gasteiger partial charge in [-0.1, -0.05) is 48.4 Å². The van der Waals surface area contributed by atoms with E-state index in [2.05, 4.69) is 0 Å². The van der Waals surface area contributed by atoms with E-state index < -0.39 is 6.10 Å². The largest absolute Gasteiger partial charge is 0.386 e. The Morgan fingerprint density at radius 3 is 2.56 bits per heavy atom. The van der Waals surface area contributed by atoms with E-state index in [0.717, 1.165) is 23.3 Å². The standard InChI is InChI=1S/C21H25NO2S/c23-19(20-12-7-13-25-20)16-22(15-18-10-5-2-6-11-18)21(24)14-17-8-3-1-4-9-17/h2,5-7,10-14,19,23H,1,3-4,8-9,15-16H2/t19-/m1/s1. The molecule has 0 spiro atoms. The molecule has 4 heteroatoms. The number of nitrogens with zero attached hydrogens (tertiary/aromatic N) is 1. The average molecular weight is 356 g/mol. The first kappa shape index (κ1) is 17.9. The summed E-state index contributed by atoms with van der Waals surface area (Å²) < 4.78 is 0. The predicted octanol–water partition coefficient (Wildman–Crippen LogP) is 4.70. The number of hydrogen-bond acceptors (Lipinski definition) is 3. The quantitative estimate of drug-likeness (QED) is 0.763. The van der Waals surface area contributed by atoms with Gasteiger partial charge in [-0.15, -0.1) is 11.3 Å². The van der Waals surface area contributed by atoms with Crippen molar-refractivity contribution >= 4 is 17.2 Å². The van der Waals surface area contributed by atoms with Crippen molar-refractivity contribution in [2.75, 3.05) is 6.54 Å². The van der Waals surface area contributed by atoms with Gasteiger partial charge < -0.3 is 10.0 Å². The van der Waals surface area contributed by atoms with Crippen LogP contribution in [0.25, 0.3) is 0 Å². The Bertz CT molecular complexity index is 686. The maximum absolute atomic E-state index is 12.9. The SMILES string of the molecule is O=C(C=C1CCCCC1)N(Cc1ccccc1)C[C@@H](O)c1cccs1. The number of amides is 1. The number of hydrogen-bond donors (Lipinski definition) is 1. The Balaban J connectivity index is 1.74. The Morgan fingerprint density at radius 2 is 1.88 bits per heavy atom. The lowest BCUT2D eigenvalue weighted by Gasteiger charge is -2.25. The van der Waals surface area contributed by atoms with Crippen LogP contribution in [-0.2, 0) is 11.3 Å². The number of aliphatic hydroxyl groups excluding tert-OH is 1. The van der Waals surface area contributed by atoms with Gasteiger partial charge in [0, 0.05) is 17.5 Å². The fourth-order valence-corrected chi connectivity index (χ4v) is 3.94. The van der Waals surface area contributed by atoms with Crippen LogP contribution < -0.4 is 0 Å². The van der Waals surface area contributed by atoms with E-state index in [9.17, 15) is 9.90 Å². The zero-order valence-electron chi connectivity index (χ0n) is 14.4. The molecule has 132 valence electrons. The molecule has 1 aliphatic rings. The van der Waals surface area contributed by atoms with Gasteiger partial charge in [-0.25, -0.2) is 0 Å². The highest BCUT2D eigenvalue weighted by molar-refractivity contribution is 7.10. The van der Waals surface area contributed by atoms with Gasteiger partial charge in [0.25, 0.3) is 0 Å². The van der Waals surface area contributed by atoms with Crippen molar-refractivity contribution in [3.8, 4) is 0 Å².